The van der Waals surface area contributed by atoms with Crippen LogP contribution >= 0.6 is 0 Å². The lowest BCUT2D eigenvalue weighted by Gasteiger charge is -2.12. The molecule has 108 valence electrons. The van der Waals surface area contributed by atoms with Crippen molar-refractivity contribution < 1.29 is 8.42 Å². The molecule has 2 rings (SSSR count). The average molecular weight is 294 g/mol. The fourth-order valence-corrected chi connectivity index (χ4v) is 2.83. The van der Waals surface area contributed by atoms with E-state index in [1.54, 1.807) is 36.8 Å². The molecule has 0 atom stereocenters. The number of benzene rings is 1. The summed E-state index contributed by atoms with van der Waals surface area (Å²) in [5.41, 5.74) is 1.58. The van der Waals surface area contributed by atoms with Crippen molar-refractivity contribution in [3.8, 4) is 0 Å². The molecule has 0 radical (unpaired) electrons. The van der Waals surface area contributed by atoms with Gasteiger partial charge < -0.3 is 9.88 Å². The molecule has 0 aliphatic rings. The fourth-order valence-electron chi connectivity index (χ4n) is 1.92. The van der Waals surface area contributed by atoms with Gasteiger partial charge >= 0.3 is 0 Å². The molecule has 0 saturated heterocycles. The predicted molar refractivity (Wildman–Crippen MR) is 77.9 cm³/mol. The molecule has 6 nitrogen and oxygen atoms in total. The summed E-state index contributed by atoms with van der Waals surface area (Å²) in [6, 6.07) is 6.82. The second-order valence-electron chi connectivity index (χ2n) is 4.23. The van der Waals surface area contributed by atoms with Gasteiger partial charge in [-0.05, 0) is 26.1 Å². The number of hydrogen-bond acceptors (Lipinski definition) is 4. The summed E-state index contributed by atoms with van der Waals surface area (Å²) in [4.78, 5) is 4.33. The van der Waals surface area contributed by atoms with Crippen molar-refractivity contribution in [2.75, 3.05) is 12.4 Å². The van der Waals surface area contributed by atoms with Gasteiger partial charge in [0.15, 0.2) is 0 Å². The number of imidazole rings is 1. The van der Waals surface area contributed by atoms with Crippen LogP contribution in [0.4, 0.5) is 5.69 Å². The van der Waals surface area contributed by atoms with Gasteiger partial charge in [-0.2, -0.15) is 0 Å². The average Bonchev–Trinajstić information content (AvgIpc) is 2.93. The van der Waals surface area contributed by atoms with Crippen molar-refractivity contribution in [3.63, 3.8) is 0 Å². The standard InChI is InChI=1S/C13H18N4O2S/c1-3-17-10-15-8-11(17)9-16-12-6-4-5-7-13(12)20(18,19)14-2/h4-8,10,14,16H,3,9H2,1-2H3. The van der Waals surface area contributed by atoms with Gasteiger partial charge in [-0.25, -0.2) is 18.1 Å². The molecule has 0 aliphatic heterocycles. The van der Waals surface area contributed by atoms with Crippen molar-refractivity contribution >= 4 is 15.7 Å². The Hall–Kier alpha value is -1.86. The number of aromatic nitrogens is 2. The predicted octanol–water partition coefficient (Wildman–Crippen LogP) is 1.42. The molecule has 0 saturated carbocycles. The first-order valence-electron chi connectivity index (χ1n) is 6.34. The fraction of sp³-hybridized carbons (Fsp3) is 0.308. The van der Waals surface area contributed by atoms with E-state index < -0.39 is 10.0 Å². The van der Waals surface area contributed by atoms with E-state index in [2.05, 4.69) is 15.0 Å². The van der Waals surface area contributed by atoms with E-state index in [1.807, 2.05) is 11.5 Å². The van der Waals surface area contributed by atoms with Crippen molar-refractivity contribution in [1.29, 1.82) is 0 Å². The van der Waals surface area contributed by atoms with Gasteiger partial charge in [-0.15, -0.1) is 0 Å². The van der Waals surface area contributed by atoms with Crippen molar-refractivity contribution in [1.82, 2.24) is 14.3 Å². The minimum atomic E-state index is -3.47. The summed E-state index contributed by atoms with van der Waals surface area (Å²) in [6.07, 6.45) is 3.53. The number of rotatable bonds is 6. The van der Waals surface area contributed by atoms with E-state index in [1.165, 1.54) is 7.05 Å². The van der Waals surface area contributed by atoms with Crippen molar-refractivity contribution in [2.45, 2.75) is 24.9 Å². The zero-order valence-electron chi connectivity index (χ0n) is 11.5. The Kier molecular flexibility index (Phi) is 4.41. The zero-order chi connectivity index (χ0) is 14.6. The maximum atomic E-state index is 11.9. The van der Waals surface area contributed by atoms with E-state index in [0.29, 0.717) is 12.2 Å². The van der Waals surface area contributed by atoms with Gasteiger partial charge in [0.05, 0.1) is 24.3 Å². The minimum Gasteiger partial charge on any atom is -0.378 e. The summed E-state index contributed by atoms with van der Waals surface area (Å²) in [5, 5.41) is 3.15. The van der Waals surface area contributed by atoms with Crippen LogP contribution in [0.2, 0.25) is 0 Å². The molecule has 1 aromatic carbocycles. The Balaban J connectivity index is 2.23. The van der Waals surface area contributed by atoms with Crippen LogP contribution in [0.15, 0.2) is 41.7 Å². The normalized spacial score (nSPS) is 11.5. The van der Waals surface area contributed by atoms with Gasteiger partial charge in [0.1, 0.15) is 4.90 Å². The van der Waals surface area contributed by atoms with Crippen molar-refractivity contribution in [3.05, 3.63) is 42.5 Å². The van der Waals surface area contributed by atoms with Gasteiger partial charge in [-0.3, -0.25) is 0 Å². The first-order valence-corrected chi connectivity index (χ1v) is 7.82. The van der Waals surface area contributed by atoms with Crippen LogP contribution in [0, 0.1) is 0 Å². The van der Waals surface area contributed by atoms with Crippen LogP contribution in [-0.2, 0) is 23.1 Å². The number of nitrogens with one attached hydrogen (secondary N) is 2. The highest BCUT2D eigenvalue weighted by Crippen LogP contribution is 2.21. The number of nitrogens with zero attached hydrogens (tertiary/aromatic N) is 2. The van der Waals surface area contributed by atoms with E-state index in [9.17, 15) is 8.42 Å². The minimum absolute atomic E-state index is 0.241. The first-order chi connectivity index (χ1) is 9.58. The molecule has 0 aliphatic carbocycles. The van der Waals surface area contributed by atoms with Crippen molar-refractivity contribution in [2.24, 2.45) is 0 Å². The van der Waals surface area contributed by atoms with Crippen LogP contribution in [0.1, 0.15) is 12.6 Å². The lowest BCUT2D eigenvalue weighted by Crippen LogP contribution is -2.20. The van der Waals surface area contributed by atoms with Gasteiger partial charge in [-0.1, -0.05) is 12.1 Å². The van der Waals surface area contributed by atoms with E-state index in [4.69, 9.17) is 0 Å². The molecule has 2 N–H and O–H groups in total. The molecule has 0 fully saturated rings. The summed E-state index contributed by atoms with van der Waals surface area (Å²) in [7, 11) is -2.07. The molecule has 0 amide bonds. The van der Waals surface area contributed by atoms with Crippen LogP contribution in [0.25, 0.3) is 0 Å². The maximum Gasteiger partial charge on any atom is 0.242 e. The quantitative estimate of drug-likeness (QED) is 0.845. The second kappa shape index (κ2) is 6.06. The largest absolute Gasteiger partial charge is 0.378 e. The summed E-state index contributed by atoms with van der Waals surface area (Å²) >= 11 is 0. The van der Waals surface area contributed by atoms with E-state index in [-0.39, 0.29) is 4.90 Å². The second-order valence-corrected chi connectivity index (χ2v) is 6.08. The molecule has 7 heteroatoms. The van der Waals surface area contributed by atoms with E-state index >= 15 is 0 Å². The summed E-state index contributed by atoms with van der Waals surface area (Å²) in [5.74, 6) is 0. The van der Waals surface area contributed by atoms with Crippen LogP contribution in [0.5, 0.6) is 0 Å². The van der Waals surface area contributed by atoms with Gasteiger partial charge in [0.2, 0.25) is 10.0 Å². The Morgan fingerprint density at radius 3 is 2.75 bits per heavy atom. The number of anilines is 1. The molecule has 0 spiro atoms. The molecule has 0 bridgehead atoms. The molecular weight excluding hydrogens is 276 g/mol. The molecular formula is C13H18N4O2S. The number of sulfonamides is 1. The molecule has 1 heterocycles. The number of aryl methyl sites for hydroxylation is 1. The third-order valence-corrected chi connectivity index (χ3v) is 4.52. The molecule has 1 aromatic heterocycles. The zero-order valence-corrected chi connectivity index (χ0v) is 12.3. The summed E-state index contributed by atoms with van der Waals surface area (Å²) in [6.45, 7) is 3.38. The third kappa shape index (κ3) is 3.00. The Morgan fingerprint density at radius 2 is 2.05 bits per heavy atom. The monoisotopic (exact) mass is 294 g/mol. The highest BCUT2D eigenvalue weighted by molar-refractivity contribution is 7.89. The Morgan fingerprint density at radius 1 is 1.30 bits per heavy atom. The van der Waals surface area contributed by atoms with Crippen LogP contribution in [-0.4, -0.2) is 25.0 Å². The molecule has 0 unspecified atom stereocenters. The Bertz CT molecular complexity index is 679. The number of hydrogen-bond donors (Lipinski definition) is 2. The van der Waals surface area contributed by atoms with Crippen LogP contribution < -0.4 is 10.0 Å². The van der Waals surface area contributed by atoms with E-state index in [0.717, 1.165) is 12.2 Å². The lowest BCUT2D eigenvalue weighted by atomic mass is 10.3. The van der Waals surface area contributed by atoms with Gasteiger partial charge in [0, 0.05) is 12.7 Å². The highest BCUT2D eigenvalue weighted by atomic mass is 32.2. The molecule has 2 aromatic rings. The highest BCUT2D eigenvalue weighted by Gasteiger charge is 2.15. The lowest BCUT2D eigenvalue weighted by molar-refractivity contribution is 0.588. The van der Waals surface area contributed by atoms with Gasteiger partial charge in [0.25, 0.3) is 0 Å². The smallest absolute Gasteiger partial charge is 0.242 e. The topological polar surface area (TPSA) is 76.0 Å². The Labute approximate surface area is 118 Å². The third-order valence-electron chi connectivity index (χ3n) is 3.04. The first kappa shape index (κ1) is 14.5. The SMILES string of the molecule is CCn1cncc1CNc1ccccc1S(=O)(=O)NC. The number of para-hydroxylation sites is 1. The van der Waals surface area contributed by atoms with Crippen LogP contribution in [0.3, 0.4) is 0 Å². The maximum absolute atomic E-state index is 11.9. The molecule has 20 heavy (non-hydrogen) atoms. The summed E-state index contributed by atoms with van der Waals surface area (Å²) < 4.78 is 28.2.